The summed E-state index contributed by atoms with van der Waals surface area (Å²) in [5.74, 6) is 3.39. The third-order valence-electron chi connectivity index (χ3n) is 8.83. The number of ketones is 1. The van der Waals surface area contributed by atoms with Crippen LogP contribution in [0.15, 0.2) is 40.4 Å². The highest BCUT2D eigenvalue weighted by molar-refractivity contribution is 7.99. The normalized spacial score (nSPS) is 18.7. The molecule has 3 N–H and O–H groups in total. The van der Waals surface area contributed by atoms with Gasteiger partial charge >= 0.3 is 0 Å². The fourth-order valence-electron chi connectivity index (χ4n) is 6.49. The van der Waals surface area contributed by atoms with Gasteiger partial charge in [0.2, 0.25) is 5.75 Å². The van der Waals surface area contributed by atoms with Crippen LogP contribution in [0.2, 0.25) is 0 Å². The van der Waals surface area contributed by atoms with Crippen LogP contribution in [0.4, 0.5) is 17.5 Å². The van der Waals surface area contributed by atoms with Crippen LogP contribution in [0.1, 0.15) is 56.7 Å². The Morgan fingerprint density at radius 1 is 1.05 bits per heavy atom. The first-order chi connectivity index (χ1) is 21.1. The van der Waals surface area contributed by atoms with Crippen molar-refractivity contribution in [3.63, 3.8) is 0 Å². The van der Waals surface area contributed by atoms with Gasteiger partial charge in [-0.05, 0) is 82.1 Å². The summed E-state index contributed by atoms with van der Waals surface area (Å²) in [6.45, 7) is 10.5. The Kier molecular flexibility index (Phi) is 9.80. The van der Waals surface area contributed by atoms with E-state index in [1.165, 1.54) is 37.4 Å². The molecule has 3 fully saturated rings. The topological polar surface area (TPSA) is 111 Å². The lowest BCUT2D eigenvalue weighted by molar-refractivity contribution is -0.122. The monoisotopic (exact) mass is 604 g/mol. The van der Waals surface area contributed by atoms with E-state index in [2.05, 4.69) is 54.9 Å². The van der Waals surface area contributed by atoms with Crippen molar-refractivity contribution >= 4 is 35.0 Å². The van der Waals surface area contributed by atoms with Gasteiger partial charge in [-0.2, -0.15) is 5.10 Å². The number of piperazine rings is 1. The Bertz CT molecular complexity index is 1360. The second-order valence-electron chi connectivity index (χ2n) is 11.9. The summed E-state index contributed by atoms with van der Waals surface area (Å²) < 4.78 is 6.21. The Hall–Kier alpha value is -3.15. The van der Waals surface area contributed by atoms with Crippen LogP contribution in [0.5, 0.6) is 5.75 Å². The molecule has 43 heavy (non-hydrogen) atoms. The minimum absolute atomic E-state index is 0.246. The van der Waals surface area contributed by atoms with Crippen LogP contribution < -0.4 is 20.3 Å². The Labute approximate surface area is 258 Å². The van der Waals surface area contributed by atoms with Crippen LogP contribution in [0.25, 0.3) is 0 Å². The first-order valence-corrected chi connectivity index (χ1v) is 16.7. The van der Waals surface area contributed by atoms with E-state index in [1.807, 2.05) is 19.9 Å². The third-order valence-corrected chi connectivity index (χ3v) is 9.70. The van der Waals surface area contributed by atoms with Gasteiger partial charge in [0.15, 0.2) is 22.6 Å². The number of H-pyrrole nitrogens is 1. The van der Waals surface area contributed by atoms with E-state index in [9.17, 15) is 4.79 Å². The molecule has 2 aromatic heterocycles. The van der Waals surface area contributed by atoms with E-state index in [4.69, 9.17) is 14.7 Å². The molecule has 11 heteroatoms. The van der Waals surface area contributed by atoms with E-state index >= 15 is 0 Å². The third kappa shape index (κ3) is 7.50. The largest absolute Gasteiger partial charge is 0.487 e. The van der Waals surface area contributed by atoms with E-state index in [0.29, 0.717) is 47.4 Å². The molecule has 0 unspecified atom stereocenters. The van der Waals surface area contributed by atoms with Crippen molar-refractivity contribution in [3.8, 4) is 5.75 Å². The zero-order valence-corrected chi connectivity index (χ0v) is 26.2. The van der Waals surface area contributed by atoms with Crippen molar-refractivity contribution < 1.29 is 9.53 Å². The second kappa shape index (κ2) is 14.1. The SMILES string of the molecule is CCOc1c(Nc2cc(C)[nH]n2)nc(Sc2ccc(CC(=O)C3CCCC3)cc2)nc1N1CCN(C2CCNCC2)CC1. The van der Waals surface area contributed by atoms with Gasteiger partial charge < -0.3 is 20.3 Å². The first kappa shape index (κ1) is 29.9. The highest BCUT2D eigenvalue weighted by atomic mass is 32.2. The van der Waals surface area contributed by atoms with Crippen LogP contribution in [-0.4, -0.2) is 82.8 Å². The molecular weight excluding hydrogens is 560 g/mol. The molecule has 230 valence electrons. The number of hydrogen-bond acceptors (Lipinski definition) is 10. The van der Waals surface area contributed by atoms with Crippen LogP contribution in [0, 0.1) is 12.8 Å². The van der Waals surface area contributed by atoms with Crippen LogP contribution >= 0.6 is 11.8 Å². The molecule has 0 amide bonds. The van der Waals surface area contributed by atoms with Crippen molar-refractivity contribution in [3.05, 3.63) is 41.6 Å². The van der Waals surface area contributed by atoms with Crippen LogP contribution in [-0.2, 0) is 11.2 Å². The molecule has 1 aromatic carbocycles. The Morgan fingerprint density at radius 3 is 2.47 bits per heavy atom. The summed E-state index contributed by atoms with van der Waals surface area (Å²) in [6.07, 6.45) is 7.39. The number of piperidine rings is 1. The van der Waals surface area contributed by atoms with E-state index < -0.39 is 0 Å². The number of aryl methyl sites for hydroxylation is 1. The quantitative estimate of drug-likeness (QED) is 0.259. The predicted octanol–water partition coefficient (Wildman–Crippen LogP) is 4.98. The average Bonchev–Trinajstić information content (AvgIpc) is 3.72. The summed E-state index contributed by atoms with van der Waals surface area (Å²) in [7, 11) is 0. The van der Waals surface area contributed by atoms with E-state index in [0.717, 1.165) is 74.1 Å². The van der Waals surface area contributed by atoms with Gasteiger partial charge in [0, 0.05) is 61.2 Å². The fraction of sp³-hybridized carbons (Fsp3) is 0.562. The zero-order valence-electron chi connectivity index (χ0n) is 25.4. The molecule has 1 saturated carbocycles. The van der Waals surface area contributed by atoms with Gasteiger partial charge in [0.1, 0.15) is 5.78 Å². The molecular formula is C32H44N8O2S. The number of anilines is 3. The minimum atomic E-state index is 0.246. The standard InChI is InChI=1S/C32H44N8O2S/c1-3-42-29-30(34-28-20-22(2)37-38-28)35-32(36-31(29)40-18-16-39(17-19-40)25-12-14-33-15-13-25)43-26-10-8-23(9-11-26)21-27(41)24-6-4-5-7-24/h8-11,20,24-25,33H,3-7,12-19,21H2,1-2H3,(H2,34,35,36,37,38). The van der Waals surface area contributed by atoms with E-state index in [-0.39, 0.29) is 5.92 Å². The molecule has 4 heterocycles. The molecule has 2 saturated heterocycles. The molecule has 0 radical (unpaired) electrons. The number of carbonyl (C=O) groups excluding carboxylic acids is 1. The number of Topliss-reactive ketones (excluding diaryl/α,β-unsaturated/α-hetero) is 1. The van der Waals surface area contributed by atoms with Gasteiger partial charge in [-0.25, -0.2) is 9.97 Å². The number of aromatic nitrogens is 4. The molecule has 0 spiro atoms. The van der Waals surface area contributed by atoms with Gasteiger partial charge in [0.05, 0.1) is 6.61 Å². The Morgan fingerprint density at radius 2 is 1.79 bits per heavy atom. The summed E-state index contributed by atoms with van der Waals surface area (Å²) in [6, 6.07) is 10.9. The number of ether oxygens (including phenoxy) is 1. The number of nitrogens with zero attached hydrogens (tertiary/aromatic N) is 5. The summed E-state index contributed by atoms with van der Waals surface area (Å²) >= 11 is 1.52. The maximum Gasteiger partial charge on any atom is 0.205 e. The lowest BCUT2D eigenvalue weighted by Crippen LogP contribution is -2.53. The van der Waals surface area contributed by atoms with Crippen molar-refractivity contribution in [2.45, 2.75) is 74.9 Å². The number of rotatable bonds is 11. The highest BCUT2D eigenvalue weighted by Gasteiger charge is 2.29. The van der Waals surface area contributed by atoms with Crippen molar-refractivity contribution in [1.82, 2.24) is 30.4 Å². The maximum atomic E-state index is 12.7. The smallest absolute Gasteiger partial charge is 0.205 e. The van der Waals surface area contributed by atoms with Gasteiger partial charge in [-0.15, -0.1) is 0 Å². The lowest BCUT2D eigenvalue weighted by Gasteiger charge is -2.41. The molecule has 3 aliphatic rings. The van der Waals surface area contributed by atoms with Gasteiger partial charge in [-0.1, -0.05) is 25.0 Å². The second-order valence-corrected chi connectivity index (χ2v) is 12.9. The van der Waals surface area contributed by atoms with Crippen molar-refractivity contribution in [2.75, 3.05) is 56.1 Å². The van der Waals surface area contributed by atoms with E-state index in [1.54, 1.807) is 0 Å². The summed E-state index contributed by atoms with van der Waals surface area (Å²) in [5.41, 5.74) is 2.03. The number of benzene rings is 1. The Balaban J connectivity index is 1.23. The number of nitrogens with one attached hydrogen (secondary N) is 3. The van der Waals surface area contributed by atoms with Crippen molar-refractivity contribution in [2.24, 2.45) is 5.92 Å². The molecule has 1 aliphatic carbocycles. The molecule has 6 rings (SSSR count). The molecule has 10 nitrogen and oxygen atoms in total. The zero-order chi connectivity index (χ0) is 29.6. The number of aromatic amines is 1. The summed E-state index contributed by atoms with van der Waals surface area (Å²) in [5, 5.41) is 14.9. The van der Waals surface area contributed by atoms with Crippen molar-refractivity contribution in [1.29, 1.82) is 0 Å². The van der Waals surface area contributed by atoms with Gasteiger partial charge in [0.25, 0.3) is 0 Å². The lowest BCUT2D eigenvalue weighted by atomic mass is 9.97. The first-order valence-electron chi connectivity index (χ1n) is 15.9. The maximum absolute atomic E-state index is 12.7. The van der Waals surface area contributed by atoms with Crippen LogP contribution in [0.3, 0.4) is 0 Å². The molecule has 0 atom stereocenters. The number of carbonyl (C=O) groups is 1. The predicted molar refractivity (Wildman–Crippen MR) is 171 cm³/mol. The van der Waals surface area contributed by atoms with Gasteiger partial charge in [-0.3, -0.25) is 14.8 Å². The summed E-state index contributed by atoms with van der Waals surface area (Å²) in [4.78, 5) is 28.7. The molecule has 0 bridgehead atoms. The highest BCUT2D eigenvalue weighted by Crippen LogP contribution is 2.39. The average molecular weight is 605 g/mol. The number of hydrogen-bond donors (Lipinski definition) is 3. The molecule has 2 aliphatic heterocycles. The molecule has 3 aromatic rings. The minimum Gasteiger partial charge on any atom is -0.487 e. The fourth-order valence-corrected chi connectivity index (χ4v) is 7.24.